The van der Waals surface area contributed by atoms with E-state index < -0.39 is 0 Å². The number of rotatable bonds is 8. The summed E-state index contributed by atoms with van der Waals surface area (Å²) in [5.41, 5.74) is 3.03. The Hall–Kier alpha value is -1.74. The maximum Gasteiger partial charge on any atom is 0.172 e. The zero-order valence-corrected chi connectivity index (χ0v) is 14.0. The fourth-order valence-corrected chi connectivity index (χ4v) is 2.94. The predicted octanol–water partition coefficient (Wildman–Crippen LogP) is 5.08. The van der Waals surface area contributed by atoms with Crippen molar-refractivity contribution in [3.05, 3.63) is 54.1 Å². The topological polar surface area (TPSA) is 26.3 Å². The minimum atomic E-state index is 0.205. The molecule has 0 amide bonds. The molecule has 0 bridgehead atoms. The third kappa shape index (κ3) is 4.63. The highest BCUT2D eigenvalue weighted by atomic mass is 32.2. The van der Waals surface area contributed by atoms with Crippen LogP contribution in [0.3, 0.4) is 0 Å². The molecule has 0 N–H and O–H groups in total. The lowest BCUT2D eigenvalue weighted by molar-refractivity contribution is 0.102. The Balaban J connectivity index is 2.03. The van der Waals surface area contributed by atoms with Crippen molar-refractivity contribution in [3.63, 3.8) is 0 Å². The summed E-state index contributed by atoms with van der Waals surface area (Å²) in [5, 5.41) is 0. The van der Waals surface area contributed by atoms with E-state index in [9.17, 15) is 4.79 Å². The van der Waals surface area contributed by atoms with Crippen molar-refractivity contribution in [1.82, 2.24) is 0 Å². The molecule has 0 fully saturated rings. The maximum atomic E-state index is 12.0. The van der Waals surface area contributed by atoms with Crippen LogP contribution in [0.1, 0.15) is 30.6 Å². The lowest BCUT2D eigenvalue weighted by Crippen LogP contribution is -2.02. The first kappa shape index (κ1) is 16.6. The van der Waals surface area contributed by atoms with Gasteiger partial charge in [-0.1, -0.05) is 43.3 Å². The van der Waals surface area contributed by atoms with Crippen LogP contribution in [0.25, 0.3) is 11.1 Å². The molecule has 0 aliphatic carbocycles. The highest BCUT2D eigenvalue weighted by molar-refractivity contribution is 7.99. The number of hydrogen-bond acceptors (Lipinski definition) is 3. The molecule has 0 aromatic heterocycles. The minimum Gasteiger partial charge on any atom is -0.494 e. The number of ketones is 1. The second-order valence-corrected chi connectivity index (χ2v) is 6.12. The minimum absolute atomic E-state index is 0.205. The van der Waals surface area contributed by atoms with Gasteiger partial charge in [0.15, 0.2) is 5.78 Å². The Morgan fingerprint density at radius 3 is 2.09 bits per heavy atom. The number of carbonyl (C=O) groups is 1. The summed E-state index contributed by atoms with van der Waals surface area (Å²) in [6.07, 6.45) is 1.11. The van der Waals surface area contributed by atoms with Crippen LogP contribution in [0.15, 0.2) is 48.5 Å². The standard InChI is InChI=1S/C19H22O2S/c1-3-13-22-14-19(20)17-7-5-15(6-8-17)16-9-11-18(12-10-16)21-4-2/h5-12H,3-4,13-14H2,1-2H3. The first-order valence-electron chi connectivity index (χ1n) is 7.68. The van der Waals surface area contributed by atoms with Crippen LogP contribution in [0.4, 0.5) is 0 Å². The van der Waals surface area contributed by atoms with Gasteiger partial charge in [-0.2, -0.15) is 11.8 Å². The molecule has 22 heavy (non-hydrogen) atoms. The Labute approximate surface area is 136 Å². The van der Waals surface area contributed by atoms with Crippen molar-refractivity contribution < 1.29 is 9.53 Å². The second-order valence-electron chi connectivity index (χ2n) is 5.01. The third-order valence-electron chi connectivity index (χ3n) is 3.29. The number of Topliss-reactive ketones (excluding diaryl/α,β-unsaturated/α-hetero) is 1. The maximum absolute atomic E-state index is 12.0. The molecular formula is C19H22O2S. The molecule has 0 saturated carbocycles. The van der Waals surface area contributed by atoms with E-state index in [-0.39, 0.29) is 5.78 Å². The summed E-state index contributed by atoms with van der Waals surface area (Å²) >= 11 is 1.70. The smallest absolute Gasteiger partial charge is 0.172 e. The monoisotopic (exact) mass is 314 g/mol. The van der Waals surface area contributed by atoms with Crippen molar-refractivity contribution in [3.8, 4) is 16.9 Å². The molecule has 3 heteroatoms. The number of thioether (sulfide) groups is 1. The van der Waals surface area contributed by atoms with Crippen LogP contribution >= 0.6 is 11.8 Å². The summed E-state index contributed by atoms with van der Waals surface area (Å²) < 4.78 is 5.45. The average Bonchev–Trinajstić information content (AvgIpc) is 2.56. The van der Waals surface area contributed by atoms with Crippen LogP contribution < -0.4 is 4.74 Å². The summed E-state index contributed by atoms with van der Waals surface area (Å²) in [6.45, 7) is 4.78. The average molecular weight is 314 g/mol. The van der Waals surface area contributed by atoms with Gasteiger partial charge in [0.1, 0.15) is 5.75 Å². The van der Waals surface area contributed by atoms with Gasteiger partial charge in [-0.3, -0.25) is 4.79 Å². The van der Waals surface area contributed by atoms with Gasteiger partial charge in [0.2, 0.25) is 0 Å². The van der Waals surface area contributed by atoms with E-state index in [1.807, 2.05) is 55.5 Å². The highest BCUT2D eigenvalue weighted by Gasteiger charge is 2.06. The lowest BCUT2D eigenvalue weighted by Gasteiger charge is -2.06. The molecule has 2 aromatic rings. The molecule has 2 aromatic carbocycles. The fraction of sp³-hybridized carbons (Fsp3) is 0.316. The van der Waals surface area contributed by atoms with Gasteiger partial charge >= 0.3 is 0 Å². The van der Waals surface area contributed by atoms with Crippen LogP contribution in [0.2, 0.25) is 0 Å². The number of ether oxygens (including phenoxy) is 1. The molecule has 116 valence electrons. The molecule has 0 radical (unpaired) electrons. The molecule has 0 atom stereocenters. The molecule has 0 heterocycles. The predicted molar refractivity (Wildman–Crippen MR) is 95.0 cm³/mol. The molecule has 0 spiro atoms. The van der Waals surface area contributed by atoms with Gasteiger partial charge in [0.05, 0.1) is 12.4 Å². The van der Waals surface area contributed by atoms with E-state index in [1.54, 1.807) is 11.8 Å². The molecule has 0 aliphatic heterocycles. The van der Waals surface area contributed by atoms with Crippen LogP contribution in [0.5, 0.6) is 5.75 Å². The van der Waals surface area contributed by atoms with Crippen LogP contribution in [0, 0.1) is 0 Å². The Morgan fingerprint density at radius 2 is 1.55 bits per heavy atom. The van der Waals surface area contributed by atoms with Crippen molar-refractivity contribution in [2.45, 2.75) is 20.3 Å². The SMILES string of the molecule is CCCSCC(=O)c1ccc(-c2ccc(OCC)cc2)cc1. The van der Waals surface area contributed by atoms with E-state index in [1.165, 1.54) is 0 Å². The van der Waals surface area contributed by atoms with Gasteiger partial charge in [-0.25, -0.2) is 0 Å². The zero-order chi connectivity index (χ0) is 15.8. The van der Waals surface area contributed by atoms with Crippen molar-refractivity contribution >= 4 is 17.5 Å². The van der Waals surface area contributed by atoms with Gasteiger partial charge in [-0.15, -0.1) is 0 Å². The van der Waals surface area contributed by atoms with E-state index >= 15 is 0 Å². The normalized spacial score (nSPS) is 10.5. The van der Waals surface area contributed by atoms with Gasteiger partial charge in [-0.05, 0) is 42.4 Å². The van der Waals surface area contributed by atoms with Gasteiger partial charge in [0, 0.05) is 5.56 Å². The molecular weight excluding hydrogens is 292 g/mol. The largest absolute Gasteiger partial charge is 0.494 e. The van der Waals surface area contributed by atoms with E-state index in [0.717, 1.165) is 34.6 Å². The number of carbonyl (C=O) groups excluding carboxylic acids is 1. The Bertz CT molecular complexity index is 588. The Morgan fingerprint density at radius 1 is 0.955 bits per heavy atom. The van der Waals surface area contributed by atoms with Gasteiger partial charge in [0.25, 0.3) is 0 Å². The molecule has 0 saturated heterocycles. The molecule has 0 unspecified atom stereocenters. The van der Waals surface area contributed by atoms with E-state index in [0.29, 0.717) is 12.4 Å². The van der Waals surface area contributed by atoms with E-state index in [4.69, 9.17) is 4.74 Å². The summed E-state index contributed by atoms with van der Waals surface area (Å²) in [6, 6.07) is 15.9. The lowest BCUT2D eigenvalue weighted by atomic mass is 10.0. The molecule has 0 aliphatic rings. The highest BCUT2D eigenvalue weighted by Crippen LogP contribution is 2.23. The van der Waals surface area contributed by atoms with Crippen molar-refractivity contribution in [2.24, 2.45) is 0 Å². The summed E-state index contributed by atoms with van der Waals surface area (Å²) in [5.74, 6) is 2.69. The quantitative estimate of drug-likeness (QED) is 0.502. The molecule has 2 nitrogen and oxygen atoms in total. The third-order valence-corrected chi connectivity index (χ3v) is 4.45. The number of hydrogen-bond donors (Lipinski definition) is 0. The number of benzene rings is 2. The first-order chi connectivity index (χ1) is 10.7. The first-order valence-corrected chi connectivity index (χ1v) is 8.84. The van der Waals surface area contributed by atoms with Crippen LogP contribution in [-0.4, -0.2) is 23.9 Å². The fourth-order valence-electron chi connectivity index (χ4n) is 2.15. The van der Waals surface area contributed by atoms with E-state index in [2.05, 4.69) is 6.92 Å². The summed E-state index contributed by atoms with van der Waals surface area (Å²) in [7, 11) is 0. The summed E-state index contributed by atoms with van der Waals surface area (Å²) in [4.78, 5) is 12.0. The van der Waals surface area contributed by atoms with Gasteiger partial charge < -0.3 is 4.74 Å². The van der Waals surface area contributed by atoms with Crippen molar-refractivity contribution in [1.29, 1.82) is 0 Å². The molecule has 2 rings (SSSR count). The van der Waals surface area contributed by atoms with Crippen molar-refractivity contribution in [2.75, 3.05) is 18.1 Å². The second kappa shape index (κ2) is 8.64. The van der Waals surface area contributed by atoms with Crippen LogP contribution in [-0.2, 0) is 0 Å². The Kier molecular flexibility index (Phi) is 6.53. The zero-order valence-electron chi connectivity index (χ0n) is 13.2.